The molecule has 1 aromatic rings. The van der Waals surface area contributed by atoms with Gasteiger partial charge in [0.2, 0.25) is 0 Å². The van der Waals surface area contributed by atoms with Crippen LogP contribution in [0.5, 0.6) is 0 Å². The lowest BCUT2D eigenvalue weighted by Gasteiger charge is -2.15. The number of hydrogen-bond acceptors (Lipinski definition) is 3. The van der Waals surface area contributed by atoms with E-state index >= 15 is 0 Å². The van der Waals surface area contributed by atoms with Crippen LogP contribution in [0.2, 0.25) is 0 Å². The standard InChI is InChI=1S/C11H17NO2/c12-10(6-9-3-5-13-8-9)7-11-2-1-4-14-11/h3,5,8,10-11H,1-2,4,6-7,12H2. The second-order valence-electron chi connectivity index (χ2n) is 3.97. The summed E-state index contributed by atoms with van der Waals surface area (Å²) < 4.78 is 10.5. The summed E-state index contributed by atoms with van der Waals surface area (Å²) in [5, 5.41) is 0. The van der Waals surface area contributed by atoms with Gasteiger partial charge in [0.15, 0.2) is 0 Å². The average Bonchev–Trinajstić information content (AvgIpc) is 2.76. The predicted octanol–water partition coefficient (Wildman–Crippen LogP) is 1.72. The van der Waals surface area contributed by atoms with Crippen molar-refractivity contribution in [2.45, 2.75) is 37.8 Å². The molecule has 3 nitrogen and oxygen atoms in total. The Bertz CT molecular complexity index is 252. The van der Waals surface area contributed by atoms with Crippen LogP contribution in [0, 0.1) is 0 Å². The molecule has 0 aromatic carbocycles. The Hall–Kier alpha value is -0.800. The minimum absolute atomic E-state index is 0.190. The van der Waals surface area contributed by atoms with Crippen LogP contribution >= 0.6 is 0 Å². The van der Waals surface area contributed by atoms with Crippen molar-refractivity contribution in [3.05, 3.63) is 24.2 Å². The van der Waals surface area contributed by atoms with Crippen molar-refractivity contribution in [3.63, 3.8) is 0 Å². The molecule has 2 atom stereocenters. The van der Waals surface area contributed by atoms with Gasteiger partial charge < -0.3 is 14.9 Å². The summed E-state index contributed by atoms with van der Waals surface area (Å²) >= 11 is 0. The molecule has 0 radical (unpaired) electrons. The monoisotopic (exact) mass is 195 g/mol. The molecule has 3 heteroatoms. The first-order chi connectivity index (χ1) is 6.84. The van der Waals surface area contributed by atoms with Crippen LogP contribution < -0.4 is 5.73 Å². The van der Waals surface area contributed by atoms with Gasteiger partial charge in [0.25, 0.3) is 0 Å². The van der Waals surface area contributed by atoms with E-state index in [0.29, 0.717) is 6.10 Å². The number of furan rings is 1. The molecule has 0 spiro atoms. The number of nitrogens with two attached hydrogens (primary N) is 1. The summed E-state index contributed by atoms with van der Waals surface area (Å²) in [5.41, 5.74) is 7.20. The van der Waals surface area contributed by atoms with Gasteiger partial charge in [0.1, 0.15) is 0 Å². The zero-order valence-corrected chi connectivity index (χ0v) is 8.32. The third-order valence-corrected chi connectivity index (χ3v) is 2.67. The lowest BCUT2D eigenvalue weighted by atomic mass is 10.0. The van der Waals surface area contributed by atoms with Crippen molar-refractivity contribution in [3.8, 4) is 0 Å². The molecule has 1 saturated heterocycles. The van der Waals surface area contributed by atoms with Gasteiger partial charge in [-0.15, -0.1) is 0 Å². The second-order valence-corrected chi connectivity index (χ2v) is 3.97. The van der Waals surface area contributed by atoms with Gasteiger partial charge in [0.05, 0.1) is 18.6 Å². The van der Waals surface area contributed by atoms with Gasteiger partial charge in [-0.3, -0.25) is 0 Å². The number of rotatable bonds is 4. The van der Waals surface area contributed by atoms with Gasteiger partial charge in [-0.05, 0) is 37.3 Å². The van der Waals surface area contributed by atoms with Crippen LogP contribution in [-0.4, -0.2) is 18.8 Å². The average molecular weight is 195 g/mol. The molecule has 2 rings (SSSR count). The maximum atomic E-state index is 6.02. The van der Waals surface area contributed by atoms with Gasteiger partial charge in [-0.25, -0.2) is 0 Å². The molecular weight excluding hydrogens is 178 g/mol. The van der Waals surface area contributed by atoms with Crippen molar-refractivity contribution < 1.29 is 9.15 Å². The Morgan fingerprint density at radius 2 is 2.50 bits per heavy atom. The van der Waals surface area contributed by atoms with E-state index < -0.39 is 0 Å². The molecule has 14 heavy (non-hydrogen) atoms. The van der Waals surface area contributed by atoms with E-state index in [9.17, 15) is 0 Å². The first-order valence-electron chi connectivity index (χ1n) is 5.23. The summed E-state index contributed by atoms with van der Waals surface area (Å²) in [4.78, 5) is 0. The van der Waals surface area contributed by atoms with E-state index in [1.807, 2.05) is 6.07 Å². The summed E-state index contributed by atoms with van der Waals surface area (Å²) in [6.45, 7) is 0.906. The molecular formula is C11H17NO2. The topological polar surface area (TPSA) is 48.4 Å². The molecule has 0 aliphatic carbocycles. The molecule has 0 saturated carbocycles. The maximum Gasteiger partial charge on any atom is 0.0935 e. The zero-order chi connectivity index (χ0) is 9.80. The van der Waals surface area contributed by atoms with E-state index in [2.05, 4.69) is 0 Å². The minimum atomic E-state index is 0.190. The predicted molar refractivity (Wildman–Crippen MR) is 54.0 cm³/mol. The molecule has 1 aliphatic rings. The Balaban J connectivity index is 1.75. The highest BCUT2D eigenvalue weighted by atomic mass is 16.5. The molecule has 0 amide bonds. The Labute approximate surface area is 84.2 Å². The van der Waals surface area contributed by atoms with E-state index in [0.717, 1.165) is 19.4 Å². The first-order valence-corrected chi connectivity index (χ1v) is 5.23. The molecule has 2 N–H and O–H groups in total. The molecule has 0 bridgehead atoms. The molecule has 2 heterocycles. The Morgan fingerprint density at radius 3 is 3.14 bits per heavy atom. The second kappa shape index (κ2) is 4.62. The van der Waals surface area contributed by atoms with Gasteiger partial charge in [-0.2, -0.15) is 0 Å². The third kappa shape index (κ3) is 2.59. The van der Waals surface area contributed by atoms with Crippen LogP contribution in [0.15, 0.2) is 23.0 Å². The first kappa shape index (κ1) is 9.74. The van der Waals surface area contributed by atoms with E-state index in [1.54, 1.807) is 12.5 Å². The number of ether oxygens (including phenoxy) is 1. The van der Waals surface area contributed by atoms with Crippen molar-refractivity contribution in [1.82, 2.24) is 0 Å². The smallest absolute Gasteiger partial charge is 0.0935 e. The van der Waals surface area contributed by atoms with Crippen LogP contribution in [0.3, 0.4) is 0 Å². The fraction of sp³-hybridized carbons (Fsp3) is 0.636. The minimum Gasteiger partial charge on any atom is -0.472 e. The van der Waals surface area contributed by atoms with Crippen molar-refractivity contribution >= 4 is 0 Å². The van der Waals surface area contributed by atoms with Crippen molar-refractivity contribution in [2.75, 3.05) is 6.61 Å². The molecule has 1 aromatic heterocycles. The summed E-state index contributed by atoms with van der Waals surface area (Å²) in [6, 6.07) is 2.16. The fourth-order valence-electron chi connectivity index (χ4n) is 1.96. The SMILES string of the molecule is NC(Cc1ccoc1)CC1CCCO1. The van der Waals surface area contributed by atoms with E-state index in [-0.39, 0.29) is 6.04 Å². The summed E-state index contributed by atoms with van der Waals surface area (Å²) in [5.74, 6) is 0. The highest BCUT2D eigenvalue weighted by molar-refractivity contribution is 5.07. The van der Waals surface area contributed by atoms with E-state index in [1.165, 1.54) is 18.4 Å². The van der Waals surface area contributed by atoms with Crippen LogP contribution in [0.4, 0.5) is 0 Å². The van der Waals surface area contributed by atoms with Gasteiger partial charge in [0, 0.05) is 12.6 Å². The largest absolute Gasteiger partial charge is 0.472 e. The normalized spacial score (nSPS) is 23.9. The zero-order valence-electron chi connectivity index (χ0n) is 8.32. The van der Waals surface area contributed by atoms with Gasteiger partial charge >= 0.3 is 0 Å². The maximum absolute atomic E-state index is 6.02. The van der Waals surface area contributed by atoms with Gasteiger partial charge in [-0.1, -0.05) is 0 Å². The number of hydrogen-bond donors (Lipinski definition) is 1. The highest BCUT2D eigenvalue weighted by Crippen LogP contribution is 2.17. The van der Waals surface area contributed by atoms with E-state index in [4.69, 9.17) is 14.9 Å². The van der Waals surface area contributed by atoms with Crippen LogP contribution in [0.25, 0.3) is 0 Å². The molecule has 1 aliphatic heterocycles. The molecule has 1 fully saturated rings. The van der Waals surface area contributed by atoms with Crippen molar-refractivity contribution in [2.24, 2.45) is 5.73 Å². The third-order valence-electron chi connectivity index (χ3n) is 2.67. The van der Waals surface area contributed by atoms with Crippen molar-refractivity contribution in [1.29, 1.82) is 0 Å². The quantitative estimate of drug-likeness (QED) is 0.795. The lowest BCUT2D eigenvalue weighted by molar-refractivity contribution is 0.0983. The fourth-order valence-corrected chi connectivity index (χ4v) is 1.96. The lowest BCUT2D eigenvalue weighted by Crippen LogP contribution is -2.27. The molecule has 78 valence electrons. The highest BCUT2D eigenvalue weighted by Gasteiger charge is 2.18. The van der Waals surface area contributed by atoms with Crippen LogP contribution in [-0.2, 0) is 11.2 Å². The van der Waals surface area contributed by atoms with Crippen LogP contribution in [0.1, 0.15) is 24.8 Å². The summed E-state index contributed by atoms with van der Waals surface area (Å²) in [7, 11) is 0. The summed E-state index contributed by atoms with van der Waals surface area (Å²) in [6.07, 6.45) is 8.03. The Kier molecular flexibility index (Phi) is 3.22. The molecule has 2 unspecified atom stereocenters. The Morgan fingerprint density at radius 1 is 1.57 bits per heavy atom.